The van der Waals surface area contributed by atoms with E-state index in [4.69, 9.17) is 16.5 Å². The summed E-state index contributed by atoms with van der Waals surface area (Å²) < 4.78 is 0. The third-order valence-electron chi connectivity index (χ3n) is 10.3. The van der Waals surface area contributed by atoms with Crippen molar-refractivity contribution >= 4 is 16.9 Å². The lowest BCUT2D eigenvalue weighted by molar-refractivity contribution is 0.660. The first-order valence-corrected chi connectivity index (χ1v) is 17.8. The van der Waals surface area contributed by atoms with Gasteiger partial charge in [0, 0.05) is 28.3 Å². The minimum atomic E-state index is -0.244. The minimum absolute atomic E-state index is 0.244. The molecule has 0 fully saturated rings. The maximum atomic E-state index is 5.30. The van der Waals surface area contributed by atoms with Crippen molar-refractivity contribution in [3.05, 3.63) is 173 Å². The van der Waals surface area contributed by atoms with Gasteiger partial charge in [-0.15, -0.1) is 0 Å². The van der Waals surface area contributed by atoms with Crippen LogP contribution in [-0.4, -0.2) is 9.97 Å². The van der Waals surface area contributed by atoms with Crippen LogP contribution in [0.3, 0.4) is 0 Å². The molecule has 3 nitrogen and oxygen atoms in total. The molecule has 2 heterocycles. The average Bonchev–Trinajstić information content (AvgIpc) is 3.40. The number of aromatic nitrogens is 2. The number of hydrogen-bond donors (Lipinski definition) is 0. The first-order valence-electron chi connectivity index (χ1n) is 17.8. The molecule has 2 aliphatic carbocycles. The number of fused-ring (bicyclic) bond motifs is 5. The van der Waals surface area contributed by atoms with Crippen LogP contribution in [0.4, 0.5) is 11.4 Å². The maximum absolute atomic E-state index is 5.30. The first-order chi connectivity index (χ1) is 24.3. The molecular weight excluding hydrogens is 607 g/mol. The molecule has 5 aromatic rings. The summed E-state index contributed by atoms with van der Waals surface area (Å²) in [5, 5.41) is 0. The Morgan fingerprint density at radius 1 is 0.720 bits per heavy atom. The first kappa shape index (κ1) is 33.0. The largest absolute Gasteiger partial charge is 0.313 e. The van der Waals surface area contributed by atoms with E-state index in [1.54, 1.807) is 0 Å². The van der Waals surface area contributed by atoms with E-state index in [1.807, 2.05) is 38.2 Å². The van der Waals surface area contributed by atoms with E-state index in [2.05, 4.69) is 136 Å². The van der Waals surface area contributed by atoms with Crippen LogP contribution < -0.4 is 4.90 Å². The topological polar surface area (TPSA) is 29.0 Å². The molecule has 50 heavy (non-hydrogen) atoms. The fourth-order valence-corrected chi connectivity index (χ4v) is 7.73. The summed E-state index contributed by atoms with van der Waals surface area (Å²) in [5.41, 5.74) is 17.2. The predicted molar refractivity (Wildman–Crippen MR) is 212 cm³/mol. The van der Waals surface area contributed by atoms with Crippen molar-refractivity contribution in [1.82, 2.24) is 9.97 Å². The summed E-state index contributed by atoms with van der Waals surface area (Å²) in [6.45, 7) is 18.0. The molecule has 0 spiro atoms. The number of rotatable bonds is 4. The normalized spacial score (nSPS) is 18.0. The number of nitrogens with zero attached hydrogens (tertiary/aromatic N) is 3. The van der Waals surface area contributed by atoms with Gasteiger partial charge in [0.25, 0.3) is 0 Å². The molecule has 0 bridgehead atoms. The Morgan fingerprint density at radius 3 is 2.10 bits per heavy atom. The van der Waals surface area contributed by atoms with E-state index in [0.717, 1.165) is 52.2 Å². The van der Waals surface area contributed by atoms with Crippen LogP contribution >= 0.6 is 0 Å². The SMILES string of the molecule is C=C1/C(C)=C(C2=C(C)CCC=C2)\C=C/N(c2cnc(-c3ccccc3)nc2-c2ccccc2)c2c1ccc1c2C(C)(C)c2ccccc2-1.CC. The fourth-order valence-electron chi connectivity index (χ4n) is 7.73. The Morgan fingerprint density at radius 2 is 1.38 bits per heavy atom. The minimum Gasteiger partial charge on any atom is -0.313 e. The second kappa shape index (κ2) is 13.4. The van der Waals surface area contributed by atoms with E-state index in [1.165, 1.54) is 44.5 Å². The number of hydrogen-bond acceptors (Lipinski definition) is 3. The molecule has 4 aromatic carbocycles. The molecular formula is C47H45N3. The molecule has 0 N–H and O–H groups in total. The lowest BCUT2D eigenvalue weighted by atomic mass is 9.78. The van der Waals surface area contributed by atoms with Gasteiger partial charge >= 0.3 is 0 Å². The lowest BCUT2D eigenvalue weighted by Gasteiger charge is -2.34. The number of benzene rings is 4. The maximum Gasteiger partial charge on any atom is 0.159 e. The van der Waals surface area contributed by atoms with Gasteiger partial charge in [-0.25, -0.2) is 9.97 Å². The van der Waals surface area contributed by atoms with E-state index in [-0.39, 0.29) is 5.41 Å². The lowest BCUT2D eigenvalue weighted by Crippen LogP contribution is -2.23. The fraction of sp³-hybridized carbons (Fsp3) is 0.191. The summed E-state index contributed by atoms with van der Waals surface area (Å²) in [7, 11) is 0. The van der Waals surface area contributed by atoms with Crippen molar-refractivity contribution in [3.8, 4) is 33.8 Å². The Balaban J connectivity index is 0.00000193. The quantitative estimate of drug-likeness (QED) is 0.194. The molecule has 0 saturated heterocycles. The van der Waals surface area contributed by atoms with Crippen LogP contribution in [0.5, 0.6) is 0 Å². The third kappa shape index (κ3) is 5.47. The van der Waals surface area contributed by atoms with E-state index >= 15 is 0 Å². The highest BCUT2D eigenvalue weighted by atomic mass is 15.2. The van der Waals surface area contributed by atoms with Crippen molar-refractivity contribution in [1.29, 1.82) is 0 Å². The van der Waals surface area contributed by atoms with E-state index in [0.29, 0.717) is 5.82 Å². The summed E-state index contributed by atoms with van der Waals surface area (Å²) in [5.74, 6) is 0.703. The Kier molecular flexibility index (Phi) is 8.84. The van der Waals surface area contributed by atoms with Crippen molar-refractivity contribution in [3.63, 3.8) is 0 Å². The summed E-state index contributed by atoms with van der Waals surface area (Å²) in [6.07, 6.45) is 13.3. The molecule has 3 aliphatic rings. The van der Waals surface area contributed by atoms with Crippen molar-refractivity contribution in [2.45, 2.75) is 59.8 Å². The average molecular weight is 652 g/mol. The second-order valence-corrected chi connectivity index (χ2v) is 13.6. The van der Waals surface area contributed by atoms with E-state index in [9.17, 15) is 0 Å². The molecule has 248 valence electrons. The molecule has 0 unspecified atom stereocenters. The summed E-state index contributed by atoms with van der Waals surface area (Å²) >= 11 is 0. The standard InChI is InChI=1S/C45H39N3.C2H6/c1-29-16-12-13-21-34(29)35-26-27-48(40-28-46-44(33-19-10-7-11-20-33)47-42(40)32-17-8-6-9-18-32)43-36(31(3)30(35)2)24-25-38-37-22-14-15-23-39(37)45(4,5)41(38)43;1-2/h6-11,13-15,17-28H,3,12,16H2,1-2,4-5H3;1-2H3/b27-26-,35-30+;. The van der Waals surface area contributed by atoms with Gasteiger partial charge < -0.3 is 4.90 Å². The van der Waals surface area contributed by atoms with Gasteiger partial charge in [-0.3, -0.25) is 0 Å². The zero-order valence-corrected chi connectivity index (χ0v) is 30.1. The van der Waals surface area contributed by atoms with Crippen LogP contribution in [-0.2, 0) is 5.41 Å². The van der Waals surface area contributed by atoms with Crippen LogP contribution in [0.2, 0.25) is 0 Å². The van der Waals surface area contributed by atoms with Crippen molar-refractivity contribution in [2.24, 2.45) is 0 Å². The van der Waals surface area contributed by atoms with Gasteiger partial charge in [0.15, 0.2) is 5.82 Å². The third-order valence-corrected chi connectivity index (χ3v) is 10.3. The molecule has 0 radical (unpaired) electrons. The molecule has 1 aromatic heterocycles. The molecule has 0 saturated carbocycles. The van der Waals surface area contributed by atoms with Gasteiger partial charge in [0.05, 0.1) is 23.3 Å². The number of anilines is 2. The van der Waals surface area contributed by atoms with Crippen LogP contribution in [0.1, 0.15) is 71.1 Å². The Labute approximate surface area is 297 Å². The highest BCUT2D eigenvalue weighted by Gasteiger charge is 2.40. The molecule has 0 atom stereocenters. The smallest absolute Gasteiger partial charge is 0.159 e. The van der Waals surface area contributed by atoms with Gasteiger partial charge in [0.1, 0.15) is 0 Å². The van der Waals surface area contributed by atoms with Crippen LogP contribution in [0.15, 0.2) is 157 Å². The highest BCUT2D eigenvalue weighted by Crippen LogP contribution is 2.56. The zero-order chi connectivity index (χ0) is 35.0. The molecule has 3 heteroatoms. The molecule has 0 amide bonds. The summed E-state index contributed by atoms with van der Waals surface area (Å²) in [6, 6.07) is 34.1. The monoisotopic (exact) mass is 651 g/mol. The van der Waals surface area contributed by atoms with E-state index < -0.39 is 0 Å². The van der Waals surface area contributed by atoms with Gasteiger partial charge in [0.2, 0.25) is 0 Å². The molecule has 1 aliphatic heterocycles. The Hall–Kier alpha value is -5.54. The highest BCUT2D eigenvalue weighted by molar-refractivity contribution is 5.98. The van der Waals surface area contributed by atoms with Crippen LogP contribution in [0, 0.1) is 0 Å². The predicted octanol–water partition coefficient (Wildman–Crippen LogP) is 12.8. The Bertz CT molecular complexity index is 2230. The zero-order valence-electron chi connectivity index (χ0n) is 30.1. The van der Waals surface area contributed by atoms with Crippen molar-refractivity contribution < 1.29 is 0 Å². The van der Waals surface area contributed by atoms with Gasteiger partial charge in [-0.1, -0.05) is 149 Å². The summed E-state index contributed by atoms with van der Waals surface area (Å²) in [4.78, 5) is 12.7. The van der Waals surface area contributed by atoms with Crippen LogP contribution in [0.25, 0.3) is 39.3 Å². The molecule has 8 rings (SSSR count). The van der Waals surface area contributed by atoms with Crippen molar-refractivity contribution in [2.75, 3.05) is 4.90 Å². The van der Waals surface area contributed by atoms with Gasteiger partial charge in [-0.2, -0.15) is 0 Å². The second-order valence-electron chi connectivity index (χ2n) is 13.6. The number of allylic oxidation sites excluding steroid dienone is 8. The van der Waals surface area contributed by atoms with Gasteiger partial charge in [-0.05, 0) is 77.3 Å².